The summed E-state index contributed by atoms with van der Waals surface area (Å²) in [5, 5.41) is 8.44. The molecule has 3 aromatic rings. The summed E-state index contributed by atoms with van der Waals surface area (Å²) in [5.74, 6) is 1.00. The first-order valence-electron chi connectivity index (χ1n) is 8.00. The van der Waals surface area contributed by atoms with E-state index in [1.165, 1.54) is 14.2 Å². The van der Waals surface area contributed by atoms with Crippen molar-refractivity contribution in [1.82, 2.24) is 10.2 Å². The van der Waals surface area contributed by atoms with E-state index < -0.39 is 5.97 Å². The lowest BCUT2D eigenvalue weighted by Gasteiger charge is -2.12. The second-order valence-corrected chi connectivity index (χ2v) is 6.03. The van der Waals surface area contributed by atoms with E-state index in [4.69, 9.17) is 30.2 Å². The highest BCUT2D eigenvalue weighted by atomic mass is 35.5. The SMILES string of the molecule is COc1cc(C(=O)OCc2nnc(-c3ccc(Cl)cc3)o2)cc(OC)c1C. The van der Waals surface area contributed by atoms with Gasteiger partial charge in [-0.1, -0.05) is 11.6 Å². The molecule has 0 radical (unpaired) electrons. The van der Waals surface area contributed by atoms with Gasteiger partial charge in [-0.2, -0.15) is 0 Å². The standard InChI is InChI=1S/C19H17ClN2O5/c1-11-15(24-2)8-13(9-16(11)25-3)19(23)26-10-17-21-22-18(27-17)12-4-6-14(20)7-5-12/h4-9H,10H2,1-3H3. The zero-order valence-corrected chi connectivity index (χ0v) is 15.7. The lowest BCUT2D eigenvalue weighted by Crippen LogP contribution is -2.07. The van der Waals surface area contributed by atoms with E-state index in [0.29, 0.717) is 28.0 Å². The molecule has 7 nitrogen and oxygen atoms in total. The van der Waals surface area contributed by atoms with E-state index >= 15 is 0 Å². The van der Waals surface area contributed by atoms with Crippen molar-refractivity contribution in [2.75, 3.05) is 14.2 Å². The predicted molar refractivity (Wildman–Crippen MR) is 98.1 cm³/mol. The molecule has 0 aliphatic heterocycles. The zero-order valence-electron chi connectivity index (χ0n) is 15.0. The van der Waals surface area contributed by atoms with Gasteiger partial charge in [0.1, 0.15) is 11.5 Å². The third-order valence-corrected chi connectivity index (χ3v) is 4.12. The lowest BCUT2D eigenvalue weighted by molar-refractivity contribution is 0.0438. The van der Waals surface area contributed by atoms with Crippen LogP contribution in [0, 0.1) is 6.92 Å². The van der Waals surface area contributed by atoms with Crippen LogP contribution in [0.25, 0.3) is 11.5 Å². The highest BCUT2D eigenvalue weighted by Gasteiger charge is 2.16. The summed E-state index contributed by atoms with van der Waals surface area (Å²) in [4.78, 5) is 12.3. The fourth-order valence-corrected chi connectivity index (χ4v) is 2.56. The molecule has 0 bridgehead atoms. The first-order chi connectivity index (χ1) is 13.0. The molecule has 27 heavy (non-hydrogen) atoms. The van der Waals surface area contributed by atoms with Crippen LogP contribution < -0.4 is 9.47 Å². The summed E-state index contributed by atoms with van der Waals surface area (Å²) in [5.41, 5.74) is 1.81. The molecule has 0 amide bonds. The van der Waals surface area contributed by atoms with Crippen molar-refractivity contribution in [3.63, 3.8) is 0 Å². The molecule has 0 fully saturated rings. The van der Waals surface area contributed by atoms with Gasteiger partial charge in [-0.25, -0.2) is 4.79 Å². The number of carbonyl (C=O) groups excluding carboxylic acids is 1. The molecule has 0 N–H and O–H groups in total. The Bertz CT molecular complexity index is 928. The van der Waals surface area contributed by atoms with Gasteiger partial charge >= 0.3 is 5.97 Å². The molecular formula is C19H17ClN2O5. The molecule has 140 valence electrons. The number of benzene rings is 2. The quantitative estimate of drug-likeness (QED) is 0.588. The van der Waals surface area contributed by atoms with Crippen LogP contribution in [0.2, 0.25) is 5.02 Å². The Hall–Kier alpha value is -3.06. The third-order valence-electron chi connectivity index (χ3n) is 3.87. The van der Waals surface area contributed by atoms with Crippen LogP contribution in [-0.2, 0) is 11.3 Å². The molecule has 1 heterocycles. The number of rotatable bonds is 6. The third kappa shape index (κ3) is 4.20. The molecule has 1 aromatic heterocycles. The van der Waals surface area contributed by atoms with Crippen LogP contribution in [0.5, 0.6) is 11.5 Å². The average Bonchev–Trinajstić information content (AvgIpc) is 3.16. The second-order valence-electron chi connectivity index (χ2n) is 5.59. The average molecular weight is 389 g/mol. The first kappa shape index (κ1) is 18.7. The van der Waals surface area contributed by atoms with Gasteiger partial charge in [0, 0.05) is 16.1 Å². The van der Waals surface area contributed by atoms with E-state index in [-0.39, 0.29) is 12.5 Å². The lowest BCUT2D eigenvalue weighted by atomic mass is 10.1. The number of halogens is 1. The normalized spacial score (nSPS) is 10.5. The Morgan fingerprint density at radius 1 is 1.07 bits per heavy atom. The topological polar surface area (TPSA) is 83.7 Å². The Balaban J connectivity index is 1.70. The van der Waals surface area contributed by atoms with Crippen molar-refractivity contribution < 1.29 is 23.4 Å². The number of ether oxygens (including phenoxy) is 3. The van der Waals surface area contributed by atoms with E-state index in [2.05, 4.69) is 10.2 Å². The number of hydrogen-bond acceptors (Lipinski definition) is 7. The van der Waals surface area contributed by atoms with Crippen molar-refractivity contribution in [1.29, 1.82) is 0 Å². The maximum absolute atomic E-state index is 12.3. The van der Waals surface area contributed by atoms with Gasteiger partial charge < -0.3 is 18.6 Å². The highest BCUT2D eigenvalue weighted by Crippen LogP contribution is 2.30. The zero-order chi connectivity index (χ0) is 19.4. The summed E-state index contributed by atoms with van der Waals surface area (Å²) >= 11 is 5.86. The van der Waals surface area contributed by atoms with Gasteiger partial charge in [0.05, 0.1) is 19.8 Å². The Kier molecular flexibility index (Phi) is 5.61. The molecule has 8 heteroatoms. The van der Waals surface area contributed by atoms with Gasteiger partial charge in [0.15, 0.2) is 6.61 Å². The van der Waals surface area contributed by atoms with Gasteiger partial charge in [-0.3, -0.25) is 0 Å². The van der Waals surface area contributed by atoms with E-state index in [0.717, 1.165) is 11.1 Å². The summed E-state index contributed by atoms with van der Waals surface area (Å²) in [6.07, 6.45) is 0. The molecule has 0 saturated carbocycles. The molecule has 3 rings (SSSR count). The summed E-state index contributed by atoms with van der Waals surface area (Å²) in [6, 6.07) is 10.1. The molecule has 0 unspecified atom stereocenters. The van der Waals surface area contributed by atoms with Crippen molar-refractivity contribution in [2.24, 2.45) is 0 Å². The van der Waals surface area contributed by atoms with Crippen LogP contribution in [0.4, 0.5) is 0 Å². The molecule has 0 saturated heterocycles. The van der Waals surface area contributed by atoms with Crippen molar-refractivity contribution >= 4 is 17.6 Å². The molecule has 0 aliphatic rings. The van der Waals surface area contributed by atoms with Crippen molar-refractivity contribution in [3.8, 4) is 23.0 Å². The van der Waals surface area contributed by atoms with E-state index in [9.17, 15) is 4.79 Å². The van der Waals surface area contributed by atoms with Crippen molar-refractivity contribution in [2.45, 2.75) is 13.5 Å². The Morgan fingerprint density at radius 2 is 1.70 bits per heavy atom. The minimum absolute atomic E-state index is 0.155. The number of nitrogens with zero attached hydrogens (tertiary/aromatic N) is 2. The number of esters is 1. The van der Waals surface area contributed by atoms with Crippen LogP contribution in [0.15, 0.2) is 40.8 Å². The smallest absolute Gasteiger partial charge is 0.338 e. The number of hydrogen-bond donors (Lipinski definition) is 0. The van der Waals surface area contributed by atoms with Crippen LogP contribution in [0.3, 0.4) is 0 Å². The molecule has 0 spiro atoms. The minimum Gasteiger partial charge on any atom is -0.496 e. The van der Waals surface area contributed by atoms with Crippen LogP contribution in [-0.4, -0.2) is 30.4 Å². The maximum atomic E-state index is 12.3. The van der Waals surface area contributed by atoms with Gasteiger partial charge in [-0.15, -0.1) is 10.2 Å². The predicted octanol–water partition coefficient (Wildman–Crippen LogP) is 4.07. The van der Waals surface area contributed by atoms with Crippen LogP contribution in [0.1, 0.15) is 21.8 Å². The van der Waals surface area contributed by atoms with E-state index in [1.807, 2.05) is 6.92 Å². The molecule has 0 aliphatic carbocycles. The molecular weight excluding hydrogens is 372 g/mol. The maximum Gasteiger partial charge on any atom is 0.338 e. The fourth-order valence-electron chi connectivity index (χ4n) is 2.44. The summed E-state index contributed by atoms with van der Waals surface area (Å²) in [7, 11) is 3.04. The Labute approximate surface area is 160 Å². The highest BCUT2D eigenvalue weighted by molar-refractivity contribution is 6.30. The number of aromatic nitrogens is 2. The summed E-state index contributed by atoms with van der Waals surface area (Å²) in [6.45, 7) is 1.68. The number of carbonyl (C=O) groups is 1. The molecule has 2 aromatic carbocycles. The van der Waals surface area contributed by atoms with Gasteiger partial charge in [0.2, 0.25) is 5.89 Å². The monoisotopic (exact) mass is 388 g/mol. The molecule has 0 atom stereocenters. The van der Waals surface area contributed by atoms with Gasteiger partial charge in [0.25, 0.3) is 5.89 Å². The van der Waals surface area contributed by atoms with Crippen LogP contribution >= 0.6 is 11.6 Å². The number of methoxy groups -OCH3 is 2. The first-order valence-corrected chi connectivity index (χ1v) is 8.37. The largest absolute Gasteiger partial charge is 0.496 e. The summed E-state index contributed by atoms with van der Waals surface area (Å²) < 4.78 is 21.3. The Morgan fingerprint density at radius 3 is 2.30 bits per heavy atom. The van der Waals surface area contributed by atoms with Crippen molar-refractivity contribution in [3.05, 3.63) is 58.4 Å². The second kappa shape index (κ2) is 8.09. The van der Waals surface area contributed by atoms with Gasteiger partial charge in [-0.05, 0) is 43.3 Å². The minimum atomic E-state index is -0.558. The fraction of sp³-hybridized carbons (Fsp3) is 0.211. The van der Waals surface area contributed by atoms with E-state index in [1.54, 1.807) is 36.4 Å².